The van der Waals surface area contributed by atoms with Gasteiger partial charge in [-0.1, -0.05) is 56.2 Å². The van der Waals surface area contributed by atoms with Crippen molar-refractivity contribution in [2.24, 2.45) is 0 Å². The van der Waals surface area contributed by atoms with Gasteiger partial charge in [0.2, 0.25) is 5.91 Å². The predicted molar refractivity (Wildman–Crippen MR) is 126 cm³/mol. The number of carbonyl (C=O) groups excluding carboxylic acids is 3. The van der Waals surface area contributed by atoms with Gasteiger partial charge in [0.15, 0.2) is 0 Å². The normalized spacial score (nSPS) is 10.3. The van der Waals surface area contributed by atoms with Crippen LogP contribution in [0, 0.1) is 0 Å². The summed E-state index contributed by atoms with van der Waals surface area (Å²) in [6.07, 6.45) is 3.40. The summed E-state index contributed by atoms with van der Waals surface area (Å²) in [6.45, 7) is 2.09. The molecular formula is C26H27N3O3. The van der Waals surface area contributed by atoms with Crippen molar-refractivity contribution in [1.29, 1.82) is 0 Å². The van der Waals surface area contributed by atoms with E-state index in [-0.39, 0.29) is 11.8 Å². The smallest absolute Gasteiger partial charge is 0.277 e. The molecule has 0 bridgehead atoms. The molecule has 32 heavy (non-hydrogen) atoms. The number of unbranched alkanes of at least 4 members (excludes halogenated alkanes) is 2. The van der Waals surface area contributed by atoms with E-state index in [1.165, 1.54) is 5.01 Å². The van der Waals surface area contributed by atoms with Crippen LogP contribution in [0.15, 0.2) is 84.9 Å². The molecule has 6 nitrogen and oxygen atoms in total. The Hall–Kier alpha value is -3.93. The van der Waals surface area contributed by atoms with Crippen molar-refractivity contribution in [3.63, 3.8) is 0 Å². The van der Waals surface area contributed by atoms with Gasteiger partial charge >= 0.3 is 0 Å². The fourth-order valence-corrected chi connectivity index (χ4v) is 3.15. The minimum Gasteiger partial charge on any atom is -0.326 e. The second kappa shape index (κ2) is 11.5. The number of hydrogen-bond acceptors (Lipinski definition) is 3. The average molecular weight is 430 g/mol. The number of nitrogens with zero attached hydrogens (tertiary/aromatic N) is 1. The van der Waals surface area contributed by atoms with Crippen molar-refractivity contribution in [2.45, 2.75) is 32.6 Å². The van der Waals surface area contributed by atoms with Crippen LogP contribution in [0.3, 0.4) is 0 Å². The number of hydrogen-bond donors (Lipinski definition) is 2. The number of nitrogens with one attached hydrogen (secondary N) is 2. The molecule has 0 aliphatic carbocycles. The monoisotopic (exact) mass is 429 g/mol. The minimum atomic E-state index is -0.390. The summed E-state index contributed by atoms with van der Waals surface area (Å²) in [5.74, 6) is -0.821. The van der Waals surface area contributed by atoms with Crippen LogP contribution in [-0.4, -0.2) is 17.7 Å². The highest BCUT2D eigenvalue weighted by molar-refractivity contribution is 6.09. The van der Waals surface area contributed by atoms with Crippen LogP contribution in [0.1, 0.15) is 53.3 Å². The van der Waals surface area contributed by atoms with Crippen LogP contribution in [0.2, 0.25) is 0 Å². The molecule has 3 amide bonds. The van der Waals surface area contributed by atoms with E-state index in [1.54, 1.807) is 72.8 Å². The lowest BCUT2D eigenvalue weighted by Crippen LogP contribution is -2.46. The first-order valence-electron chi connectivity index (χ1n) is 10.7. The quantitative estimate of drug-likeness (QED) is 0.382. The van der Waals surface area contributed by atoms with Gasteiger partial charge in [0.05, 0.1) is 5.69 Å². The Bertz CT molecular complexity index is 1030. The predicted octanol–water partition coefficient (Wildman–Crippen LogP) is 5.20. The fraction of sp³-hybridized carbons (Fsp3) is 0.192. The molecule has 0 atom stereocenters. The highest BCUT2D eigenvalue weighted by Crippen LogP contribution is 2.18. The molecule has 0 unspecified atom stereocenters. The molecule has 164 valence electrons. The average Bonchev–Trinajstić information content (AvgIpc) is 2.83. The maximum atomic E-state index is 13.2. The van der Waals surface area contributed by atoms with Crippen molar-refractivity contribution >= 4 is 29.1 Å². The third-order valence-electron chi connectivity index (χ3n) is 4.89. The van der Waals surface area contributed by atoms with Crippen molar-refractivity contribution in [1.82, 2.24) is 5.43 Å². The molecule has 0 saturated heterocycles. The fourth-order valence-electron chi connectivity index (χ4n) is 3.15. The molecule has 6 heteroatoms. The molecule has 0 heterocycles. The molecule has 0 spiro atoms. The van der Waals surface area contributed by atoms with Crippen molar-refractivity contribution in [2.75, 3.05) is 10.3 Å². The first-order chi connectivity index (χ1) is 15.6. The molecule has 0 aliphatic rings. The van der Waals surface area contributed by atoms with Crippen LogP contribution in [0.25, 0.3) is 0 Å². The van der Waals surface area contributed by atoms with Gasteiger partial charge in [-0.05, 0) is 55.0 Å². The van der Waals surface area contributed by atoms with Gasteiger partial charge in [-0.2, -0.15) is 0 Å². The minimum absolute atomic E-state index is 0.0430. The van der Waals surface area contributed by atoms with Gasteiger partial charge < -0.3 is 5.32 Å². The zero-order valence-electron chi connectivity index (χ0n) is 18.1. The van der Waals surface area contributed by atoms with Crippen LogP contribution >= 0.6 is 0 Å². The van der Waals surface area contributed by atoms with Gasteiger partial charge in [0.25, 0.3) is 11.8 Å². The van der Waals surface area contributed by atoms with Gasteiger partial charge in [0, 0.05) is 23.2 Å². The molecule has 2 N–H and O–H groups in total. The van der Waals surface area contributed by atoms with Crippen LogP contribution in [-0.2, 0) is 4.79 Å². The molecule has 3 aromatic carbocycles. The summed E-state index contributed by atoms with van der Waals surface area (Å²) in [4.78, 5) is 38.0. The van der Waals surface area contributed by atoms with E-state index in [0.717, 1.165) is 19.3 Å². The molecule has 0 fully saturated rings. The van der Waals surface area contributed by atoms with E-state index in [1.807, 2.05) is 12.1 Å². The first-order valence-corrected chi connectivity index (χ1v) is 10.7. The van der Waals surface area contributed by atoms with Gasteiger partial charge in [-0.3, -0.25) is 19.8 Å². The largest absolute Gasteiger partial charge is 0.326 e. The highest BCUT2D eigenvalue weighted by Gasteiger charge is 2.21. The molecule has 0 radical (unpaired) electrons. The van der Waals surface area contributed by atoms with Crippen LogP contribution in [0.5, 0.6) is 0 Å². The summed E-state index contributed by atoms with van der Waals surface area (Å²) in [5.41, 5.74) is 4.69. The van der Waals surface area contributed by atoms with Gasteiger partial charge in [-0.15, -0.1) is 0 Å². The molecule has 0 aromatic heterocycles. The Labute approximate surface area is 188 Å². The Morgan fingerprint density at radius 3 is 2.00 bits per heavy atom. The second-order valence-electron chi connectivity index (χ2n) is 7.37. The van der Waals surface area contributed by atoms with Gasteiger partial charge in [0.1, 0.15) is 0 Å². The zero-order valence-corrected chi connectivity index (χ0v) is 18.1. The molecular weight excluding hydrogens is 402 g/mol. The number of rotatable bonds is 8. The number of benzene rings is 3. The number of anilines is 2. The van der Waals surface area contributed by atoms with Crippen LogP contribution < -0.4 is 15.8 Å². The third kappa shape index (κ3) is 6.28. The first kappa shape index (κ1) is 22.7. The molecule has 3 aromatic rings. The third-order valence-corrected chi connectivity index (χ3v) is 4.89. The summed E-state index contributed by atoms with van der Waals surface area (Å²) < 4.78 is 0. The lowest BCUT2D eigenvalue weighted by Gasteiger charge is -2.23. The number of carbonyl (C=O) groups is 3. The lowest BCUT2D eigenvalue weighted by atomic mass is 10.1. The molecule has 0 aliphatic heterocycles. The zero-order chi connectivity index (χ0) is 22.8. The van der Waals surface area contributed by atoms with Gasteiger partial charge in [-0.25, -0.2) is 5.01 Å². The Balaban J connectivity index is 1.74. The summed E-state index contributed by atoms with van der Waals surface area (Å²) >= 11 is 0. The second-order valence-corrected chi connectivity index (χ2v) is 7.37. The van der Waals surface area contributed by atoms with Crippen molar-refractivity contribution < 1.29 is 14.4 Å². The summed E-state index contributed by atoms with van der Waals surface area (Å²) in [7, 11) is 0. The SMILES string of the molecule is CCCCCC(=O)Nc1ccc(C(=O)N(NC(=O)c2ccccc2)c2ccccc2)cc1. The van der Waals surface area contributed by atoms with E-state index in [0.29, 0.717) is 28.9 Å². The van der Waals surface area contributed by atoms with Crippen LogP contribution in [0.4, 0.5) is 11.4 Å². The molecule has 3 rings (SSSR count). The van der Waals surface area contributed by atoms with E-state index >= 15 is 0 Å². The number of amides is 3. The van der Waals surface area contributed by atoms with E-state index in [2.05, 4.69) is 17.7 Å². The Kier molecular flexibility index (Phi) is 8.15. The van der Waals surface area contributed by atoms with Crippen molar-refractivity contribution in [3.8, 4) is 0 Å². The molecule has 0 saturated carbocycles. The van der Waals surface area contributed by atoms with E-state index in [4.69, 9.17) is 0 Å². The highest BCUT2D eigenvalue weighted by atomic mass is 16.2. The van der Waals surface area contributed by atoms with E-state index < -0.39 is 5.91 Å². The lowest BCUT2D eigenvalue weighted by molar-refractivity contribution is -0.116. The summed E-state index contributed by atoms with van der Waals surface area (Å²) in [6, 6.07) is 24.3. The topological polar surface area (TPSA) is 78.5 Å². The Morgan fingerprint density at radius 1 is 0.750 bits per heavy atom. The number of para-hydroxylation sites is 1. The maximum absolute atomic E-state index is 13.2. The maximum Gasteiger partial charge on any atom is 0.277 e. The van der Waals surface area contributed by atoms with E-state index in [9.17, 15) is 14.4 Å². The number of hydrazine groups is 1. The standard InChI is InChI=1S/C26H27N3O3/c1-2-3-6-15-24(30)27-22-18-16-21(17-19-22)26(32)29(23-13-9-5-10-14-23)28-25(31)20-11-7-4-8-12-20/h4-5,7-14,16-19H,2-3,6,15H2,1H3,(H,27,30)(H,28,31). The van der Waals surface area contributed by atoms with Crippen molar-refractivity contribution in [3.05, 3.63) is 96.1 Å². The Morgan fingerprint density at radius 2 is 1.38 bits per heavy atom. The summed E-state index contributed by atoms with van der Waals surface area (Å²) in [5, 5.41) is 4.08.